The van der Waals surface area contributed by atoms with Gasteiger partial charge in [0.25, 0.3) is 0 Å². The largest absolute Gasteiger partial charge is 0.457 e. The van der Waals surface area contributed by atoms with Crippen molar-refractivity contribution in [2.45, 2.75) is 6.42 Å². The number of ether oxygens (including phenoxy) is 1. The molecule has 1 aliphatic heterocycles. The second-order valence-electron chi connectivity index (χ2n) is 7.45. The predicted octanol–water partition coefficient (Wildman–Crippen LogP) is 3.65. The number of para-hydroxylation sites is 1. The molecule has 7 heteroatoms. The number of nitrogens with zero attached hydrogens (tertiary/aromatic N) is 3. The van der Waals surface area contributed by atoms with Gasteiger partial charge in [0.2, 0.25) is 5.91 Å². The average Bonchev–Trinajstić information content (AvgIpc) is 3.28. The van der Waals surface area contributed by atoms with Gasteiger partial charge in [0.05, 0.1) is 5.56 Å². The smallest absolute Gasteiger partial charge is 0.243 e. The van der Waals surface area contributed by atoms with Crippen molar-refractivity contribution in [2.24, 2.45) is 5.92 Å². The molecular weight excluding hydrogens is 390 g/mol. The minimum atomic E-state index is -0.150. The summed E-state index contributed by atoms with van der Waals surface area (Å²) in [6.45, 7) is 5.73. The van der Waals surface area contributed by atoms with Crippen LogP contribution in [0, 0.1) is 5.92 Å². The summed E-state index contributed by atoms with van der Waals surface area (Å²) in [4.78, 5) is 22.4. The molecule has 0 radical (unpaired) electrons. The molecule has 7 nitrogen and oxygen atoms in total. The zero-order chi connectivity index (χ0) is 21.6. The Kier molecular flexibility index (Phi) is 6.12. The maximum absolute atomic E-state index is 11.5. The lowest BCUT2D eigenvalue weighted by Gasteiger charge is -2.21. The topological polar surface area (TPSA) is 93.4 Å². The van der Waals surface area contributed by atoms with Crippen molar-refractivity contribution in [2.75, 3.05) is 30.3 Å². The molecule has 0 spiro atoms. The minimum absolute atomic E-state index is 0.150. The fourth-order valence-electron chi connectivity index (χ4n) is 3.73. The lowest BCUT2D eigenvalue weighted by Crippen LogP contribution is -2.30. The molecule has 0 aliphatic carbocycles. The maximum Gasteiger partial charge on any atom is 0.243 e. The summed E-state index contributed by atoms with van der Waals surface area (Å²) in [5.74, 6) is 2.96. The van der Waals surface area contributed by atoms with Gasteiger partial charge in [0, 0.05) is 19.6 Å². The molecule has 2 heterocycles. The maximum atomic E-state index is 11.5. The number of carbonyl (C=O) groups excluding carboxylic acids is 1. The van der Waals surface area contributed by atoms with Gasteiger partial charge in [-0.15, -0.1) is 0 Å². The van der Waals surface area contributed by atoms with Gasteiger partial charge < -0.3 is 20.7 Å². The first-order valence-electron chi connectivity index (χ1n) is 10.2. The van der Waals surface area contributed by atoms with Crippen molar-refractivity contribution in [3.05, 3.63) is 73.6 Å². The predicted molar refractivity (Wildman–Crippen MR) is 122 cm³/mol. The fourth-order valence-corrected chi connectivity index (χ4v) is 3.73. The molecule has 3 N–H and O–H groups in total. The van der Waals surface area contributed by atoms with Crippen molar-refractivity contribution >= 4 is 17.5 Å². The SMILES string of the molecule is C=CC(=O)NCC1CCN(c2ncnc(N)c2-c2ccc(Oc3ccccc3)cc2)C1. The molecule has 0 saturated carbocycles. The van der Waals surface area contributed by atoms with Crippen LogP contribution in [0.4, 0.5) is 11.6 Å². The molecule has 1 aromatic heterocycles. The number of carbonyl (C=O) groups is 1. The molecule has 1 unspecified atom stereocenters. The van der Waals surface area contributed by atoms with Gasteiger partial charge in [-0.2, -0.15) is 0 Å². The van der Waals surface area contributed by atoms with E-state index in [0.717, 1.165) is 48.0 Å². The number of benzene rings is 2. The van der Waals surface area contributed by atoms with Crippen molar-refractivity contribution in [3.8, 4) is 22.6 Å². The molecule has 1 saturated heterocycles. The van der Waals surface area contributed by atoms with E-state index in [1.54, 1.807) is 0 Å². The standard InChI is InChI=1S/C24H25N5O2/c1-2-21(30)26-14-17-12-13-29(15-17)24-22(23(25)27-16-28-24)18-8-10-20(11-9-18)31-19-6-4-3-5-7-19/h2-11,16-17H,1,12-15H2,(H,26,30)(H2,25,27,28). The molecule has 0 bridgehead atoms. The van der Waals surface area contributed by atoms with Gasteiger partial charge in [-0.25, -0.2) is 9.97 Å². The van der Waals surface area contributed by atoms with E-state index in [1.165, 1.54) is 12.4 Å². The van der Waals surface area contributed by atoms with Gasteiger partial charge in [-0.1, -0.05) is 36.9 Å². The highest BCUT2D eigenvalue weighted by atomic mass is 16.5. The van der Waals surface area contributed by atoms with Crippen LogP contribution in [0.15, 0.2) is 73.6 Å². The van der Waals surface area contributed by atoms with E-state index in [-0.39, 0.29) is 5.91 Å². The average molecular weight is 415 g/mol. The van der Waals surface area contributed by atoms with Crippen LogP contribution in [0.5, 0.6) is 11.5 Å². The Morgan fingerprint density at radius 3 is 2.65 bits per heavy atom. The third kappa shape index (κ3) is 4.83. The number of nitrogen functional groups attached to an aromatic ring is 1. The highest BCUT2D eigenvalue weighted by Crippen LogP contribution is 2.36. The molecule has 1 aliphatic rings. The van der Waals surface area contributed by atoms with Gasteiger partial charge in [-0.3, -0.25) is 4.79 Å². The Balaban J connectivity index is 1.52. The van der Waals surface area contributed by atoms with Crippen LogP contribution in [-0.2, 0) is 4.79 Å². The van der Waals surface area contributed by atoms with Crippen molar-refractivity contribution in [1.29, 1.82) is 0 Å². The van der Waals surface area contributed by atoms with E-state index < -0.39 is 0 Å². The zero-order valence-corrected chi connectivity index (χ0v) is 17.2. The fraction of sp³-hybridized carbons (Fsp3) is 0.208. The second-order valence-corrected chi connectivity index (χ2v) is 7.45. The van der Waals surface area contributed by atoms with Crippen molar-refractivity contribution in [1.82, 2.24) is 15.3 Å². The highest BCUT2D eigenvalue weighted by Gasteiger charge is 2.27. The first-order chi connectivity index (χ1) is 15.1. The number of amides is 1. The van der Waals surface area contributed by atoms with Crippen LogP contribution in [0.3, 0.4) is 0 Å². The first kappa shape index (κ1) is 20.4. The van der Waals surface area contributed by atoms with E-state index in [4.69, 9.17) is 10.5 Å². The van der Waals surface area contributed by atoms with Crippen LogP contribution < -0.4 is 20.7 Å². The molecule has 1 atom stereocenters. The summed E-state index contributed by atoms with van der Waals surface area (Å²) in [5, 5.41) is 2.88. The third-order valence-electron chi connectivity index (χ3n) is 5.31. The summed E-state index contributed by atoms with van der Waals surface area (Å²) in [6, 6.07) is 17.4. The summed E-state index contributed by atoms with van der Waals surface area (Å²) in [6.07, 6.45) is 3.75. The number of hydrogen-bond donors (Lipinski definition) is 2. The van der Waals surface area contributed by atoms with Gasteiger partial charge in [-0.05, 0) is 48.2 Å². The van der Waals surface area contributed by atoms with Crippen LogP contribution in [0.25, 0.3) is 11.1 Å². The summed E-state index contributed by atoms with van der Waals surface area (Å²) in [5.41, 5.74) is 7.99. The lowest BCUT2D eigenvalue weighted by molar-refractivity contribution is -0.116. The molecule has 1 fully saturated rings. The molecule has 4 rings (SSSR count). The number of nitrogens with one attached hydrogen (secondary N) is 1. The molecule has 3 aromatic rings. The monoisotopic (exact) mass is 415 g/mol. The van der Waals surface area contributed by atoms with Gasteiger partial charge >= 0.3 is 0 Å². The highest BCUT2D eigenvalue weighted by molar-refractivity contribution is 5.87. The molecule has 158 valence electrons. The number of hydrogen-bond acceptors (Lipinski definition) is 6. The van der Waals surface area contributed by atoms with Crippen molar-refractivity contribution < 1.29 is 9.53 Å². The molecule has 31 heavy (non-hydrogen) atoms. The Morgan fingerprint density at radius 2 is 1.90 bits per heavy atom. The normalized spacial score (nSPS) is 15.5. The van der Waals surface area contributed by atoms with E-state index in [9.17, 15) is 4.79 Å². The molecular formula is C24H25N5O2. The number of aromatic nitrogens is 2. The first-order valence-corrected chi connectivity index (χ1v) is 10.2. The van der Waals surface area contributed by atoms with E-state index in [2.05, 4.69) is 26.8 Å². The second kappa shape index (κ2) is 9.30. The van der Waals surface area contributed by atoms with E-state index >= 15 is 0 Å². The quantitative estimate of drug-likeness (QED) is 0.572. The van der Waals surface area contributed by atoms with Gasteiger partial charge in [0.1, 0.15) is 29.5 Å². The zero-order valence-electron chi connectivity index (χ0n) is 17.2. The Morgan fingerprint density at radius 1 is 1.16 bits per heavy atom. The number of rotatable bonds is 7. The van der Waals surface area contributed by atoms with Crippen LogP contribution in [0.2, 0.25) is 0 Å². The molecule has 2 aromatic carbocycles. The number of nitrogens with two attached hydrogens (primary N) is 1. The third-order valence-corrected chi connectivity index (χ3v) is 5.31. The van der Waals surface area contributed by atoms with E-state index in [1.807, 2.05) is 54.6 Å². The van der Waals surface area contributed by atoms with Crippen molar-refractivity contribution in [3.63, 3.8) is 0 Å². The Bertz CT molecular complexity index is 1050. The van der Waals surface area contributed by atoms with Crippen LogP contribution >= 0.6 is 0 Å². The Labute approximate surface area is 181 Å². The minimum Gasteiger partial charge on any atom is -0.457 e. The Hall–Kier alpha value is -3.87. The summed E-state index contributed by atoms with van der Waals surface area (Å²) < 4.78 is 5.88. The lowest BCUT2D eigenvalue weighted by atomic mass is 10.1. The van der Waals surface area contributed by atoms with E-state index in [0.29, 0.717) is 18.3 Å². The van der Waals surface area contributed by atoms with Gasteiger partial charge in [0.15, 0.2) is 0 Å². The summed E-state index contributed by atoms with van der Waals surface area (Å²) in [7, 11) is 0. The summed E-state index contributed by atoms with van der Waals surface area (Å²) >= 11 is 0. The number of anilines is 2. The molecule has 1 amide bonds. The van der Waals surface area contributed by atoms with Crippen LogP contribution in [0.1, 0.15) is 6.42 Å². The van der Waals surface area contributed by atoms with Crippen LogP contribution in [-0.4, -0.2) is 35.5 Å².